The van der Waals surface area contributed by atoms with E-state index < -0.39 is 6.09 Å². The molecular weight excluding hydrogens is 348 g/mol. The van der Waals surface area contributed by atoms with Gasteiger partial charge in [-0.2, -0.15) is 5.10 Å². The van der Waals surface area contributed by atoms with Gasteiger partial charge in [0.05, 0.1) is 12.5 Å². The summed E-state index contributed by atoms with van der Waals surface area (Å²) in [5.41, 5.74) is -0.223. The maximum atomic E-state index is 11.8. The van der Waals surface area contributed by atoms with E-state index in [1.807, 2.05) is 12.1 Å². The maximum Gasteiger partial charge on any atom is 0.412 e. The lowest BCUT2D eigenvalue weighted by Gasteiger charge is -2.09. The highest BCUT2D eigenvalue weighted by molar-refractivity contribution is 5.90. The molecule has 8 heteroatoms. The number of carbonyl (C=O) groups is 1. The summed E-state index contributed by atoms with van der Waals surface area (Å²) >= 11 is 0. The number of methoxy groups -OCH3 is 1. The minimum absolute atomic E-state index is 0.223. The molecule has 0 radical (unpaired) electrons. The number of rotatable bonds is 7. The number of nitrogens with one attached hydrogen (secondary N) is 3. The number of fused-ring (bicyclic) bond motifs is 1. The molecule has 0 saturated heterocycles. The van der Waals surface area contributed by atoms with Crippen molar-refractivity contribution in [3.05, 3.63) is 58.9 Å². The highest BCUT2D eigenvalue weighted by atomic mass is 16.6. The summed E-state index contributed by atoms with van der Waals surface area (Å²) in [6, 6.07) is 14.0. The van der Waals surface area contributed by atoms with E-state index in [9.17, 15) is 9.59 Å². The number of nitrogens with zero attached hydrogens (tertiary/aromatic N) is 1. The summed E-state index contributed by atoms with van der Waals surface area (Å²) in [4.78, 5) is 23.5. The minimum Gasteiger partial charge on any atom is -0.497 e. The van der Waals surface area contributed by atoms with E-state index >= 15 is 0 Å². The summed E-state index contributed by atoms with van der Waals surface area (Å²) in [6.07, 6.45) is 0.139. The lowest BCUT2D eigenvalue weighted by Crippen LogP contribution is -2.28. The number of aromatic amines is 1. The molecule has 0 bridgehead atoms. The van der Waals surface area contributed by atoms with Crippen molar-refractivity contribution in [1.82, 2.24) is 15.5 Å². The minimum atomic E-state index is -0.521. The molecule has 3 N–H and O–H groups in total. The van der Waals surface area contributed by atoms with E-state index in [0.717, 1.165) is 5.39 Å². The molecule has 140 valence electrons. The fourth-order valence-electron chi connectivity index (χ4n) is 2.52. The van der Waals surface area contributed by atoms with Crippen molar-refractivity contribution in [3.8, 4) is 11.5 Å². The van der Waals surface area contributed by atoms with Crippen LogP contribution in [-0.2, 0) is 0 Å². The van der Waals surface area contributed by atoms with Crippen LogP contribution in [0.4, 0.5) is 10.6 Å². The van der Waals surface area contributed by atoms with Gasteiger partial charge >= 0.3 is 6.09 Å². The first-order chi connectivity index (χ1) is 13.2. The van der Waals surface area contributed by atoms with Crippen LogP contribution in [0, 0.1) is 0 Å². The zero-order valence-corrected chi connectivity index (χ0v) is 14.8. The van der Waals surface area contributed by atoms with E-state index in [2.05, 4.69) is 20.8 Å². The predicted octanol–water partition coefficient (Wildman–Crippen LogP) is 2.52. The number of amides is 1. The molecule has 1 amide bonds. The Bertz CT molecular complexity index is 969. The third-order valence-corrected chi connectivity index (χ3v) is 3.88. The van der Waals surface area contributed by atoms with Crippen LogP contribution in [0.25, 0.3) is 10.8 Å². The van der Waals surface area contributed by atoms with Crippen LogP contribution in [0.2, 0.25) is 0 Å². The standard InChI is InChI=1S/C19H20N4O4/c1-26-13-7-9-14(10-8-13)27-19(25)21-12-4-11-20-17-15-5-2-3-6-16(15)18(24)23-22-17/h2-3,5-10H,4,11-12H2,1H3,(H,20,22)(H,21,25)(H,23,24). The summed E-state index contributed by atoms with van der Waals surface area (Å²) in [7, 11) is 1.57. The summed E-state index contributed by atoms with van der Waals surface area (Å²) in [5.74, 6) is 1.73. The maximum absolute atomic E-state index is 11.8. The molecule has 0 aliphatic heterocycles. The van der Waals surface area contributed by atoms with Crippen LogP contribution < -0.4 is 25.7 Å². The lowest BCUT2D eigenvalue weighted by atomic mass is 10.2. The van der Waals surface area contributed by atoms with Gasteiger partial charge < -0.3 is 20.1 Å². The first-order valence-electron chi connectivity index (χ1n) is 8.48. The molecule has 0 atom stereocenters. The molecule has 2 aromatic carbocycles. The van der Waals surface area contributed by atoms with Gasteiger partial charge in [0.1, 0.15) is 11.5 Å². The second-order valence-electron chi connectivity index (χ2n) is 5.72. The van der Waals surface area contributed by atoms with Gasteiger partial charge in [-0.15, -0.1) is 0 Å². The molecular formula is C19H20N4O4. The largest absolute Gasteiger partial charge is 0.497 e. The lowest BCUT2D eigenvalue weighted by molar-refractivity contribution is 0.200. The SMILES string of the molecule is COc1ccc(OC(=O)NCCCNc2n[nH]c(=O)c3ccccc23)cc1. The molecule has 3 aromatic rings. The van der Waals surface area contributed by atoms with Gasteiger partial charge in [0.25, 0.3) is 5.56 Å². The smallest absolute Gasteiger partial charge is 0.412 e. The Morgan fingerprint density at radius 1 is 1.04 bits per heavy atom. The van der Waals surface area contributed by atoms with Gasteiger partial charge in [0, 0.05) is 18.5 Å². The van der Waals surface area contributed by atoms with E-state index in [1.165, 1.54) is 0 Å². The van der Waals surface area contributed by atoms with Gasteiger partial charge in [-0.25, -0.2) is 9.89 Å². The molecule has 0 unspecified atom stereocenters. The average molecular weight is 368 g/mol. The summed E-state index contributed by atoms with van der Waals surface area (Å²) in [6.45, 7) is 1.01. The Labute approximate surface area is 155 Å². The zero-order valence-electron chi connectivity index (χ0n) is 14.8. The zero-order chi connectivity index (χ0) is 19.1. The van der Waals surface area contributed by atoms with Crippen molar-refractivity contribution in [2.24, 2.45) is 0 Å². The quantitative estimate of drug-likeness (QED) is 0.554. The topological polar surface area (TPSA) is 105 Å². The number of hydrogen-bond acceptors (Lipinski definition) is 6. The van der Waals surface area contributed by atoms with Crippen LogP contribution in [0.1, 0.15) is 6.42 Å². The van der Waals surface area contributed by atoms with Crippen LogP contribution in [0.15, 0.2) is 53.3 Å². The summed E-state index contributed by atoms with van der Waals surface area (Å²) < 4.78 is 10.2. The molecule has 3 rings (SSSR count). The first-order valence-corrected chi connectivity index (χ1v) is 8.48. The fourth-order valence-corrected chi connectivity index (χ4v) is 2.52. The predicted molar refractivity (Wildman–Crippen MR) is 102 cm³/mol. The van der Waals surface area contributed by atoms with Crippen molar-refractivity contribution in [2.75, 3.05) is 25.5 Å². The molecule has 0 aliphatic rings. The molecule has 27 heavy (non-hydrogen) atoms. The van der Waals surface area contributed by atoms with Crippen molar-refractivity contribution < 1.29 is 14.3 Å². The van der Waals surface area contributed by atoms with Crippen LogP contribution in [0.3, 0.4) is 0 Å². The number of carbonyl (C=O) groups excluding carboxylic acids is 1. The molecule has 0 spiro atoms. The van der Waals surface area contributed by atoms with Gasteiger partial charge in [0.2, 0.25) is 0 Å². The van der Waals surface area contributed by atoms with E-state index in [-0.39, 0.29) is 5.56 Å². The van der Waals surface area contributed by atoms with Gasteiger partial charge in [-0.3, -0.25) is 4.79 Å². The van der Waals surface area contributed by atoms with Crippen molar-refractivity contribution in [3.63, 3.8) is 0 Å². The van der Waals surface area contributed by atoms with Crippen molar-refractivity contribution in [2.45, 2.75) is 6.42 Å². The highest BCUT2D eigenvalue weighted by Crippen LogP contribution is 2.17. The Morgan fingerprint density at radius 3 is 2.48 bits per heavy atom. The Hall–Kier alpha value is -3.55. The fraction of sp³-hybridized carbons (Fsp3) is 0.211. The Kier molecular flexibility index (Phi) is 5.88. The monoisotopic (exact) mass is 368 g/mol. The Balaban J connectivity index is 1.43. The van der Waals surface area contributed by atoms with Gasteiger partial charge in [-0.05, 0) is 36.8 Å². The third-order valence-electron chi connectivity index (χ3n) is 3.88. The number of ether oxygens (including phenoxy) is 2. The number of anilines is 1. The van der Waals surface area contributed by atoms with Crippen LogP contribution in [0.5, 0.6) is 11.5 Å². The molecule has 0 aliphatic carbocycles. The normalized spacial score (nSPS) is 10.4. The summed E-state index contributed by atoms with van der Waals surface area (Å²) in [5, 5.41) is 13.7. The second kappa shape index (κ2) is 8.70. The number of hydrogen-bond donors (Lipinski definition) is 3. The first kappa shape index (κ1) is 18.2. The Morgan fingerprint density at radius 2 is 1.74 bits per heavy atom. The van der Waals surface area contributed by atoms with E-state index in [1.54, 1.807) is 43.5 Å². The van der Waals surface area contributed by atoms with Gasteiger partial charge in [-0.1, -0.05) is 18.2 Å². The van der Waals surface area contributed by atoms with Crippen LogP contribution in [-0.4, -0.2) is 36.5 Å². The van der Waals surface area contributed by atoms with E-state index in [0.29, 0.717) is 42.2 Å². The third kappa shape index (κ3) is 4.75. The van der Waals surface area contributed by atoms with Crippen LogP contribution >= 0.6 is 0 Å². The average Bonchev–Trinajstić information content (AvgIpc) is 2.70. The molecule has 0 fully saturated rings. The number of aromatic nitrogens is 2. The van der Waals surface area contributed by atoms with Crippen molar-refractivity contribution in [1.29, 1.82) is 0 Å². The molecule has 1 heterocycles. The second-order valence-corrected chi connectivity index (χ2v) is 5.72. The van der Waals surface area contributed by atoms with E-state index in [4.69, 9.17) is 9.47 Å². The number of H-pyrrole nitrogens is 1. The molecule has 0 saturated carbocycles. The van der Waals surface area contributed by atoms with Crippen molar-refractivity contribution >= 4 is 22.7 Å². The molecule has 1 aromatic heterocycles. The highest BCUT2D eigenvalue weighted by Gasteiger charge is 2.06. The molecule has 8 nitrogen and oxygen atoms in total. The number of benzene rings is 2. The van der Waals surface area contributed by atoms with Gasteiger partial charge in [0.15, 0.2) is 5.82 Å².